The standard InChI is InChI=1S/C46H90NO10P/c1-3-5-7-9-11-13-15-16-17-18-19-20-21-22-23-24-25-26-27-28-29-31-33-35-37-44(49)47-43(46(51)52)41-57-58(53,54)56-40-42(48)39-55-45(50)38-36-34-32-30-14-12-10-8-6-4-2/h42-43,48H,3-41H2,1-2H3,(H,47,49)(H,51,52)(H,53,54). The van der Waals surface area contributed by atoms with Crippen molar-refractivity contribution in [2.75, 3.05) is 19.8 Å². The van der Waals surface area contributed by atoms with Crippen LogP contribution in [0, 0.1) is 0 Å². The number of carbonyl (C=O) groups excluding carboxylic acids is 2. The van der Waals surface area contributed by atoms with E-state index in [1.165, 1.54) is 167 Å². The summed E-state index contributed by atoms with van der Waals surface area (Å²) < 4.78 is 26.8. The number of aliphatic carboxylic acids is 1. The number of phosphoric ester groups is 1. The Labute approximate surface area is 354 Å². The normalized spacial score (nSPS) is 13.6. The van der Waals surface area contributed by atoms with Crippen LogP contribution in [-0.4, -0.2) is 64.9 Å². The molecule has 0 saturated heterocycles. The van der Waals surface area contributed by atoms with Crippen molar-refractivity contribution in [3.8, 4) is 0 Å². The Morgan fingerprint density at radius 1 is 0.483 bits per heavy atom. The van der Waals surface area contributed by atoms with Gasteiger partial charge in [0, 0.05) is 12.8 Å². The molecule has 0 aliphatic heterocycles. The fourth-order valence-corrected chi connectivity index (χ4v) is 7.91. The van der Waals surface area contributed by atoms with E-state index < -0.39 is 57.6 Å². The van der Waals surface area contributed by atoms with Gasteiger partial charge in [-0.05, 0) is 12.8 Å². The topological polar surface area (TPSA) is 169 Å². The number of nitrogens with one attached hydrogen (secondary N) is 1. The van der Waals surface area contributed by atoms with E-state index in [9.17, 15) is 34.1 Å². The Bertz CT molecular complexity index is 1000. The molecule has 344 valence electrons. The highest BCUT2D eigenvalue weighted by atomic mass is 31.2. The van der Waals surface area contributed by atoms with E-state index in [1.54, 1.807) is 0 Å². The Balaban J connectivity index is 3.77. The lowest BCUT2D eigenvalue weighted by molar-refractivity contribution is -0.147. The third-order valence-corrected chi connectivity index (χ3v) is 11.8. The Morgan fingerprint density at radius 2 is 0.793 bits per heavy atom. The van der Waals surface area contributed by atoms with Crippen LogP contribution in [0.15, 0.2) is 0 Å². The predicted molar refractivity (Wildman–Crippen MR) is 236 cm³/mol. The van der Waals surface area contributed by atoms with Gasteiger partial charge in [0.1, 0.15) is 12.7 Å². The first kappa shape index (κ1) is 56.5. The number of aliphatic hydroxyl groups is 1. The third-order valence-electron chi connectivity index (χ3n) is 10.9. The van der Waals surface area contributed by atoms with Crippen LogP contribution in [0.4, 0.5) is 0 Å². The summed E-state index contributed by atoms with van der Waals surface area (Å²) in [7, 11) is -4.75. The van der Waals surface area contributed by atoms with E-state index in [0.29, 0.717) is 12.8 Å². The number of unbranched alkanes of at least 4 members (excludes halogenated alkanes) is 32. The average Bonchev–Trinajstić information content (AvgIpc) is 3.20. The molecule has 0 aliphatic rings. The zero-order valence-electron chi connectivity index (χ0n) is 37.4. The summed E-state index contributed by atoms with van der Waals surface area (Å²) in [5.74, 6) is -2.35. The van der Waals surface area contributed by atoms with Gasteiger partial charge in [-0.15, -0.1) is 0 Å². The van der Waals surface area contributed by atoms with Crippen molar-refractivity contribution in [1.29, 1.82) is 0 Å². The van der Waals surface area contributed by atoms with Crippen molar-refractivity contribution in [2.45, 2.75) is 257 Å². The Kier molecular flexibility index (Phi) is 41.1. The molecule has 0 aliphatic carbocycles. The summed E-state index contributed by atoms with van der Waals surface area (Å²) in [4.78, 5) is 45.9. The molecule has 0 heterocycles. The molecule has 0 fully saturated rings. The van der Waals surface area contributed by atoms with Crippen molar-refractivity contribution >= 4 is 25.7 Å². The number of amides is 1. The summed E-state index contributed by atoms with van der Waals surface area (Å²) >= 11 is 0. The smallest absolute Gasteiger partial charge is 0.472 e. The molecule has 0 spiro atoms. The van der Waals surface area contributed by atoms with Crippen LogP contribution in [0.25, 0.3) is 0 Å². The fraction of sp³-hybridized carbons (Fsp3) is 0.935. The molecule has 0 aromatic heterocycles. The molecule has 3 atom stereocenters. The molecule has 0 bridgehead atoms. The molecule has 12 heteroatoms. The lowest BCUT2D eigenvalue weighted by atomic mass is 10.0. The number of aliphatic hydroxyl groups excluding tert-OH is 1. The summed E-state index contributed by atoms with van der Waals surface area (Å²) in [6.07, 6.45) is 41.4. The number of phosphoric acid groups is 1. The van der Waals surface area contributed by atoms with Crippen LogP contribution in [0.1, 0.15) is 245 Å². The Morgan fingerprint density at radius 3 is 1.14 bits per heavy atom. The summed E-state index contributed by atoms with van der Waals surface area (Å²) in [5.41, 5.74) is 0. The zero-order chi connectivity index (χ0) is 42.8. The molecule has 4 N–H and O–H groups in total. The molecule has 11 nitrogen and oxygen atoms in total. The zero-order valence-corrected chi connectivity index (χ0v) is 38.3. The molecule has 0 radical (unpaired) electrons. The number of carbonyl (C=O) groups is 3. The van der Waals surface area contributed by atoms with E-state index in [2.05, 4.69) is 19.2 Å². The van der Waals surface area contributed by atoms with Crippen molar-refractivity contribution in [1.82, 2.24) is 5.32 Å². The first-order valence-electron chi connectivity index (χ1n) is 24.1. The first-order valence-corrected chi connectivity index (χ1v) is 25.6. The SMILES string of the molecule is CCCCCCCCCCCCCCCCCCCCCCCCCCC(=O)NC(COP(=O)(O)OCC(O)COC(=O)CCCCCCCCCCCC)C(=O)O. The van der Waals surface area contributed by atoms with E-state index in [1.807, 2.05) is 0 Å². The maximum Gasteiger partial charge on any atom is 0.472 e. The number of rotatable bonds is 46. The Hall–Kier alpha value is -1.52. The number of hydrogen-bond donors (Lipinski definition) is 4. The summed E-state index contributed by atoms with van der Waals surface area (Å²) in [5, 5.41) is 21.8. The first-order chi connectivity index (χ1) is 28.1. The largest absolute Gasteiger partial charge is 0.480 e. The second kappa shape index (κ2) is 42.2. The molecule has 0 saturated carbocycles. The van der Waals surface area contributed by atoms with Gasteiger partial charge in [0.15, 0.2) is 6.04 Å². The van der Waals surface area contributed by atoms with Gasteiger partial charge in [0.25, 0.3) is 0 Å². The molecule has 58 heavy (non-hydrogen) atoms. The van der Waals surface area contributed by atoms with Crippen molar-refractivity contribution in [3.63, 3.8) is 0 Å². The second-order valence-electron chi connectivity index (χ2n) is 16.7. The third kappa shape index (κ3) is 41.2. The average molecular weight is 848 g/mol. The highest BCUT2D eigenvalue weighted by Gasteiger charge is 2.28. The second-order valence-corrected chi connectivity index (χ2v) is 18.1. The van der Waals surface area contributed by atoms with Crippen molar-refractivity contribution in [3.05, 3.63) is 0 Å². The monoisotopic (exact) mass is 848 g/mol. The number of ether oxygens (including phenoxy) is 1. The molecule has 0 rings (SSSR count). The van der Waals surface area contributed by atoms with Gasteiger partial charge in [-0.2, -0.15) is 0 Å². The van der Waals surface area contributed by atoms with Gasteiger partial charge in [0.2, 0.25) is 5.91 Å². The van der Waals surface area contributed by atoms with Crippen molar-refractivity contribution in [2.24, 2.45) is 0 Å². The number of esters is 1. The van der Waals surface area contributed by atoms with Gasteiger partial charge in [-0.1, -0.05) is 219 Å². The summed E-state index contributed by atoms with van der Waals surface area (Å²) in [6.45, 7) is 2.61. The van der Waals surface area contributed by atoms with Crippen LogP contribution < -0.4 is 5.32 Å². The number of carboxylic acid groups (broad SMARTS) is 1. The molecule has 3 unspecified atom stereocenters. The predicted octanol–water partition coefficient (Wildman–Crippen LogP) is 12.7. The number of hydrogen-bond acceptors (Lipinski definition) is 8. The van der Waals surface area contributed by atoms with Crippen LogP contribution >= 0.6 is 7.82 Å². The highest BCUT2D eigenvalue weighted by molar-refractivity contribution is 7.47. The number of carboxylic acids is 1. The maximum absolute atomic E-state index is 12.3. The quantitative estimate of drug-likeness (QED) is 0.0263. The lowest BCUT2D eigenvalue weighted by Crippen LogP contribution is -2.43. The summed E-state index contributed by atoms with van der Waals surface area (Å²) in [6, 6.07) is -1.54. The molecule has 0 aromatic rings. The van der Waals surface area contributed by atoms with Crippen LogP contribution in [0.3, 0.4) is 0 Å². The van der Waals surface area contributed by atoms with Crippen molar-refractivity contribution < 1.29 is 47.8 Å². The van der Waals surface area contributed by atoms with E-state index in [-0.39, 0.29) is 12.8 Å². The van der Waals surface area contributed by atoms with Gasteiger partial charge >= 0.3 is 19.8 Å². The van der Waals surface area contributed by atoms with Gasteiger partial charge < -0.3 is 25.2 Å². The van der Waals surface area contributed by atoms with E-state index >= 15 is 0 Å². The van der Waals surface area contributed by atoms with Gasteiger partial charge in [-0.25, -0.2) is 9.36 Å². The molecular weight excluding hydrogens is 757 g/mol. The molecule has 0 aromatic carbocycles. The minimum Gasteiger partial charge on any atom is -0.480 e. The van der Waals surface area contributed by atoms with Crippen LogP contribution in [0.2, 0.25) is 0 Å². The fourth-order valence-electron chi connectivity index (χ4n) is 7.14. The lowest BCUT2D eigenvalue weighted by Gasteiger charge is -2.18. The van der Waals surface area contributed by atoms with Crippen LogP contribution in [0.5, 0.6) is 0 Å². The van der Waals surface area contributed by atoms with E-state index in [0.717, 1.165) is 38.5 Å². The molecule has 1 amide bonds. The van der Waals surface area contributed by atoms with Gasteiger partial charge in [0.05, 0.1) is 13.2 Å². The minimum atomic E-state index is -4.75. The minimum absolute atomic E-state index is 0.153. The van der Waals surface area contributed by atoms with Gasteiger partial charge in [-0.3, -0.25) is 18.6 Å². The van der Waals surface area contributed by atoms with Crippen LogP contribution in [-0.2, 0) is 32.7 Å². The highest BCUT2D eigenvalue weighted by Crippen LogP contribution is 2.43. The molecular formula is C46H90NO10P. The van der Waals surface area contributed by atoms with E-state index in [4.69, 9.17) is 13.8 Å². The maximum atomic E-state index is 12.3.